The summed E-state index contributed by atoms with van der Waals surface area (Å²) in [6.45, 7) is 4.28. The number of carboxylic acids is 1. The Hall–Kier alpha value is -0.610. The first kappa shape index (κ1) is 14.4. The Morgan fingerprint density at radius 1 is 1.40 bits per heavy atom. The van der Waals surface area contributed by atoms with Crippen LogP contribution in [0.25, 0.3) is 0 Å². The van der Waals surface area contributed by atoms with Crippen LogP contribution < -0.4 is 5.73 Å². The van der Waals surface area contributed by atoms with Crippen LogP contribution in [-0.2, 0) is 4.79 Å². The highest BCUT2D eigenvalue weighted by atomic mass is 16.4. The Morgan fingerprint density at radius 3 is 2.33 bits per heavy atom. The van der Waals surface area contributed by atoms with Crippen molar-refractivity contribution in [3.63, 3.8) is 0 Å². The van der Waals surface area contributed by atoms with Gasteiger partial charge in [-0.05, 0) is 31.6 Å². The van der Waals surface area contributed by atoms with Crippen LogP contribution in [0.2, 0.25) is 0 Å². The molecule has 4 heteroatoms. The second kappa shape index (κ2) is 6.80. The third-order valence-corrected chi connectivity index (χ3v) is 2.71. The Kier molecular flexibility index (Phi) is 6.52. The number of aliphatic hydroxyl groups is 1. The van der Waals surface area contributed by atoms with Gasteiger partial charge in [-0.2, -0.15) is 0 Å². The van der Waals surface area contributed by atoms with Gasteiger partial charge in [-0.1, -0.05) is 13.8 Å². The lowest BCUT2D eigenvalue weighted by Gasteiger charge is -2.29. The summed E-state index contributed by atoms with van der Waals surface area (Å²) in [6, 6.07) is 0. The second-order valence-corrected chi connectivity index (χ2v) is 4.57. The van der Waals surface area contributed by atoms with E-state index in [1.54, 1.807) is 0 Å². The number of unbranched alkanes of at least 4 members (excludes halogenated alkanes) is 1. The van der Waals surface area contributed by atoms with E-state index in [0.717, 1.165) is 0 Å². The number of aliphatic hydroxyl groups excluding tert-OH is 1. The summed E-state index contributed by atoms with van der Waals surface area (Å²) < 4.78 is 0. The van der Waals surface area contributed by atoms with Gasteiger partial charge in [-0.3, -0.25) is 4.79 Å². The molecular weight excluding hydrogens is 194 g/mol. The summed E-state index contributed by atoms with van der Waals surface area (Å²) >= 11 is 0. The maximum Gasteiger partial charge on any atom is 0.310 e. The number of rotatable bonds is 8. The molecule has 0 bridgehead atoms. The third kappa shape index (κ3) is 4.62. The van der Waals surface area contributed by atoms with Crippen LogP contribution in [0.4, 0.5) is 0 Å². The van der Waals surface area contributed by atoms with Crippen molar-refractivity contribution in [3.05, 3.63) is 0 Å². The molecular formula is C11H23NO3. The molecule has 0 heterocycles. The predicted octanol–water partition coefficient (Wildman–Crippen LogP) is 1.22. The van der Waals surface area contributed by atoms with E-state index in [9.17, 15) is 9.90 Å². The largest absolute Gasteiger partial charge is 0.481 e. The summed E-state index contributed by atoms with van der Waals surface area (Å²) in [4.78, 5) is 11.2. The lowest BCUT2D eigenvalue weighted by molar-refractivity contribution is -0.150. The minimum Gasteiger partial charge on any atom is -0.481 e. The molecule has 0 aliphatic carbocycles. The zero-order valence-electron chi connectivity index (χ0n) is 9.70. The zero-order chi connectivity index (χ0) is 11.9. The van der Waals surface area contributed by atoms with Crippen LogP contribution in [0.3, 0.4) is 0 Å². The molecule has 0 aromatic carbocycles. The molecule has 0 radical (unpaired) electrons. The molecule has 0 saturated heterocycles. The van der Waals surface area contributed by atoms with E-state index in [-0.39, 0.29) is 13.2 Å². The van der Waals surface area contributed by atoms with Crippen molar-refractivity contribution in [1.82, 2.24) is 0 Å². The summed E-state index contributed by atoms with van der Waals surface area (Å²) in [7, 11) is 0. The van der Waals surface area contributed by atoms with Crippen LogP contribution in [0.1, 0.15) is 39.5 Å². The van der Waals surface area contributed by atoms with Gasteiger partial charge in [0.2, 0.25) is 0 Å². The van der Waals surface area contributed by atoms with Crippen LogP contribution in [-0.4, -0.2) is 29.3 Å². The SMILES string of the molecule is CC(C)CC(CN)(CCCCO)C(=O)O. The molecule has 1 unspecified atom stereocenters. The molecule has 0 rings (SSSR count). The highest BCUT2D eigenvalue weighted by Gasteiger charge is 2.36. The molecule has 0 saturated carbocycles. The van der Waals surface area contributed by atoms with Crippen molar-refractivity contribution in [1.29, 1.82) is 0 Å². The predicted molar refractivity (Wildman–Crippen MR) is 59.5 cm³/mol. The maximum absolute atomic E-state index is 11.2. The third-order valence-electron chi connectivity index (χ3n) is 2.71. The molecule has 15 heavy (non-hydrogen) atoms. The fourth-order valence-electron chi connectivity index (χ4n) is 1.93. The van der Waals surface area contributed by atoms with E-state index in [1.165, 1.54) is 0 Å². The van der Waals surface area contributed by atoms with E-state index >= 15 is 0 Å². The van der Waals surface area contributed by atoms with Crippen molar-refractivity contribution in [2.24, 2.45) is 17.1 Å². The molecule has 0 aromatic heterocycles. The smallest absolute Gasteiger partial charge is 0.310 e. The topological polar surface area (TPSA) is 83.5 Å². The Morgan fingerprint density at radius 2 is 2.00 bits per heavy atom. The normalized spacial score (nSPS) is 15.3. The van der Waals surface area contributed by atoms with Crippen molar-refractivity contribution in [3.8, 4) is 0 Å². The van der Waals surface area contributed by atoms with Crippen LogP contribution in [0.15, 0.2) is 0 Å². The summed E-state index contributed by atoms with van der Waals surface area (Å²) in [5, 5.41) is 17.9. The monoisotopic (exact) mass is 217 g/mol. The van der Waals surface area contributed by atoms with Gasteiger partial charge in [0.05, 0.1) is 5.41 Å². The lowest BCUT2D eigenvalue weighted by atomic mass is 9.76. The first-order valence-corrected chi connectivity index (χ1v) is 5.53. The zero-order valence-corrected chi connectivity index (χ0v) is 9.70. The van der Waals surface area contributed by atoms with Crippen LogP contribution in [0.5, 0.6) is 0 Å². The molecule has 0 spiro atoms. The van der Waals surface area contributed by atoms with Gasteiger partial charge in [-0.25, -0.2) is 0 Å². The first-order chi connectivity index (χ1) is 6.98. The number of carbonyl (C=O) groups is 1. The highest BCUT2D eigenvalue weighted by Crippen LogP contribution is 2.31. The average molecular weight is 217 g/mol. The molecule has 0 fully saturated rings. The van der Waals surface area contributed by atoms with Crippen molar-refractivity contribution >= 4 is 5.97 Å². The minimum absolute atomic E-state index is 0.113. The summed E-state index contributed by atoms with van der Waals surface area (Å²) in [5.74, 6) is -0.490. The molecule has 4 nitrogen and oxygen atoms in total. The molecule has 90 valence electrons. The van der Waals surface area contributed by atoms with Gasteiger partial charge in [0, 0.05) is 13.2 Å². The van der Waals surface area contributed by atoms with Crippen molar-refractivity contribution < 1.29 is 15.0 Å². The lowest BCUT2D eigenvalue weighted by Crippen LogP contribution is -2.39. The van der Waals surface area contributed by atoms with E-state index in [0.29, 0.717) is 31.6 Å². The fourth-order valence-corrected chi connectivity index (χ4v) is 1.93. The Bertz CT molecular complexity index is 194. The van der Waals surface area contributed by atoms with Crippen LogP contribution >= 0.6 is 0 Å². The molecule has 0 aliphatic rings. The standard InChI is InChI=1S/C11H23NO3/c1-9(2)7-11(8-12,10(14)15)5-3-4-6-13/h9,13H,3-8,12H2,1-2H3,(H,14,15). The highest BCUT2D eigenvalue weighted by molar-refractivity contribution is 5.74. The average Bonchev–Trinajstić information content (AvgIpc) is 2.15. The quantitative estimate of drug-likeness (QED) is 0.534. The maximum atomic E-state index is 11.2. The number of carboxylic acid groups (broad SMARTS) is 1. The summed E-state index contributed by atoms with van der Waals surface area (Å²) in [6.07, 6.45) is 2.52. The van der Waals surface area contributed by atoms with E-state index in [2.05, 4.69) is 0 Å². The number of hydrogen-bond acceptors (Lipinski definition) is 3. The Labute approximate surface area is 91.5 Å². The Balaban J connectivity index is 4.44. The van der Waals surface area contributed by atoms with Gasteiger partial charge in [0.1, 0.15) is 0 Å². The van der Waals surface area contributed by atoms with Crippen molar-refractivity contribution in [2.45, 2.75) is 39.5 Å². The number of nitrogens with two attached hydrogens (primary N) is 1. The minimum atomic E-state index is -0.809. The van der Waals surface area contributed by atoms with Crippen LogP contribution in [0, 0.1) is 11.3 Å². The molecule has 0 aromatic rings. The van der Waals surface area contributed by atoms with Gasteiger partial charge in [0.25, 0.3) is 0 Å². The van der Waals surface area contributed by atoms with Crippen molar-refractivity contribution in [2.75, 3.05) is 13.2 Å². The molecule has 0 aliphatic heterocycles. The van der Waals surface area contributed by atoms with E-state index in [1.807, 2.05) is 13.8 Å². The number of aliphatic carboxylic acids is 1. The van der Waals surface area contributed by atoms with Gasteiger partial charge >= 0.3 is 5.97 Å². The second-order valence-electron chi connectivity index (χ2n) is 4.57. The molecule has 4 N–H and O–H groups in total. The van der Waals surface area contributed by atoms with Gasteiger partial charge in [0.15, 0.2) is 0 Å². The molecule has 1 atom stereocenters. The van der Waals surface area contributed by atoms with Gasteiger partial charge in [-0.15, -0.1) is 0 Å². The fraction of sp³-hybridized carbons (Fsp3) is 0.909. The molecule has 0 amide bonds. The summed E-state index contributed by atoms with van der Waals surface area (Å²) in [5.41, 5.74) is 4.79. The van der Waals surface area contributed by atoms with E-state index in [4.69, 9.17) is 10.8 Å². The van der Waals surface area contributed by atoms with Gasteiger partial charge < -0.3 is 15.9 Å². The first-order valence-electron chi connectivity index (χ1n) is 5.53. The number of hydrogen-bond donors (Lipinski definition) is 3. The van der Waals surface area contributed by atoms with E-state index < -0.39 is 11.4 Å².